The van der Waals surface area contributed by atoms with Gasteiger partial charge >= 0.3 is 0 Å². The Morgan fingerprint density at radius 1 is 1.14 bits per heavy atom. The number of carbonyl (C=O) groups is 1. The second kappa shape index (κ2) is 7.98. The third-order valence-corrected chi connectivity index (χ3v) is 6.03. The first-order valence-electron chi connectivity index (χ1n) is 9.30. The zero-order chi connectivity index (χ0) is 19.7. The largest absolute Gasteiger partial charge is 0.337 e. The quantitative estimate of drug-likeness (QED) is 0.613. The van der Waals surface area contributed by atoms with Crippen molar-refractivity contribution in [3.05, 3.63) is 87.2 Å². The van der Waals surface area contributed by atoms with Gasteiger partial charge in [-0.05, 0) is 40.8 Å². The van der Waals surface area contributed by atoms with E-state index in [1.807, 2.05) is 48.6 Å². The Morgan fingerprint density at radius 2 is 1.89 bits per heavy atom. The SMILES string of the molecule is Cn1cc([C@H]2CN(C(=O)CCc3c(Cl)cccc3Cl)Cc3ccccc32)cn1. The van der Waals surface area contributed by atoms with Crippen LogP contribution in [0, 0.1) is 0 Å². The molecule has 4 rings (SSSR count). The molecule has 1 aliphatic heterocycles. The molecule has 0 radical (unpaired) electrons. The second-order valence-electron chi connectivity index (χ2n) is 7.17. The van der Waals surface area contributed by atoms with Crippen LogP contribution in [-0.2, 0) is 24.8 Å². The number of hydrogen-bond donors (Lipinski definition) is 0. The standard InChI is InChI=1S/C22H21Cl2N3O/c1-26-12-16(11-25-26)19-14-27(13-15-5-2-3-6-17(15)19)22(28)10-9-18-20(23)7-4-8-21(18)24/h2-8,11-12,19H,9-10,13-14H2,1H3/t19-/m1/s1. The highest BCUT2D eigenvalue weighted by Gasteiger charge is 2.29. The number of amides is 1. The predicted molar refractivity (Wildman–Crippen MR) is 112 cm³/mol. The van der Waals surface area contributed by atoms with Crippen molar-refractivity contribution in [2.24, 2.45) is 7.05 Å². The molecular weight excluding hydrogens is 393 g/mol. The summed E-state index contributed by atoms with van der Waals surface area (Å²) >= 11 is 12.5. The van der Waals surface area contributed by atoms with Gasteiger partial charge in [-0.15, -0.1) is 0 Å². The van der Waals surface area contributed by atoms with Gasteiger partial charge in [0.05, 0.1) is 6.20 Å². The molecular formula is C22H21Cl2N3O. The van der Waals surface area contributed by atoms with Gasteiger partial charge in [0, 0.05) is 48.7 Å². The zero-order valence-corrected chi connectivity index (χ0v) is 17.1. The van der Waals surface area contributed by atoms with Gasteiger partial charge in [-0.1, -0.05) is 53.5 Å². The van der Waals surface area contributed by atoms with E-state index in [2.05, 4.69) is 23.3 Å². The van der Waals surface area contributed by atoms with Crippen LogP contribution in [0.5, 0.6) is 0 Å². The van der Waals surface area contributed by atoms with Crippen LogP contribution in [0.25, 0.3) is 0 Å². The average molecular weight is 414 g/mol. The van der Waals surface area contributed by atoms with Crippen LogP contribution in [0.2, 0.25) is 10.0 Å². The lowest BCUT2D eigenvalue weighted by Crippen LogP contribution is -2.38. The maximum absolute atomic E-state index is 13.0. The van der Waals surface area contributed by atoms with Crippen molar-refractivity contribution in [3.63, 3.8) is 0 Å². The first-order valence-corrected chi connectivity index (χ1v) is 10.1. The highest BCUT2D eigenvalue weighted by atomic mass is 35.5. The maximum Gasteiger partial charge on any atom is 0.223 e. The van der Waals surface area contributed by atoms with Crippen LogP contribution in [0.1, 0.15) is 34.6 Å². The number of fused-ring (bicyclic) bond motifs is 1. The fraction of sp³-hybridized carbons (Fsp3) is 0.273. The van der Waals surface area contributed by atoms with Crippen molar-refractivity contribution in [2.45, 2.75) is 25.3 Å². The minimum absolute atomic E-state index is 0.111. The number of hydrogen-bond acceptors (Lipinski definition) is 2. The summed E-state index contributed by atoms with van der Waals surface area (Å²) in [5.41, 5.74) is 4.42. The van der Waals surface area contributed by atoms with Gasteiger partial charge in [-0.2, -0.15) is 5.10 Å². The van der Waals surface area contributed by atoms with Gasteiger partial charge in [0.1, 0.15) is 0 Å². The van der Waals surface area contributed by atoms with Crippen molar-refractivity contribution in [2.75, 3.05) is 6.54 Å². The smallest absolute Gasteiger partial charge is 0.223 e. The van der Waals surface area contributed by atoms with Crippen molar-refractivity contribution in [1.82, 2.24) is 14.7 Å². The Hall–Kier alpha value is -2.30. The normalized spacial score (nSPS) is 16.1. The van der Waals surface area contributed by atoms with Crippen molar-refractivity contribution in [3.8, 4) is 0 Å². The molecule has 0 fully saturated rings. The number of rotatable bonds is 4. The molecule has 6 heteroatoms. The summed E-state index contributed by atoms with van der Waals surface area (Å²) < 4.78 is 1.80. The number of carbonyl (C=O) groups excluding carboxylic acids is 1. The molecule has 0 N–H and O–H groups in total. The van der Waals surface area contributed by atoms with Crippen LogP contribution >= 0.6 is 23.2 Å². The molecule has 0 saturated carbocycles. The lowest BCUT2D eigenvalue weighted by Gasteiger charge is -2.34. The van der Waals surface area contributed by atoms with Gasteiger partial charge in [0.15, 0.2) is 0 Å². The summed E-state index contributed by atoms with van der Waals surface area (Å²) in [6, 6.07) is 13.8. The lowest BCUT2D eigenvalue weighted by molar-refractivity contribution is -0.132. The van der Waals surface area contributed by atoms with Gasteiger partial charge < -0.3 is 4.90 Å². The fourth-order valence-electron chi connectivity index (χ4n) is 3.86. The van der Waals surface area contributed by atoms with E-state index in [0.29, 0.717) is 36.0 Å². The molecule has 3 aromatic rings. The molecule has 0 unspecified atom stereocenters. The summed E-state index contributed by atoms with van der Waals surface area (Å²) in [6.07, 6.45) is 4.83. The molecule has 1 aliphatic rings. The number of benzene rings is 2. The Morgan fingerprint density at radius 3 is 2.61 bits per heavy atom. The van der Waals surface area contributed by atoms with Gasteiger partial charge in [-0.25, -0.2) is 0 Å². The number of halogens is 2. The molecule has 1 atom stereocenters. The highest BCUT2D eigenvalue weighted by molar-refractivity contribution is 6.36. The third-order valence-electron chi connectivity index (χ3n) is 5.33. The number of nitrogens with zero attached hydrogens (tertiary/aromatic N) is 3. The summed E-state index contributed by atoms with van der Waals surface area (Å²) in [4.78, 5) is 14.9. The molecule has 2 aromatic carbocycles. The van der Waals surface area contributed by atoms with E-state index in [0.717, 1.165) is 11.1 Å². The van der Waals surface area contributed by atoms with E-state index < -0.39 is 0 Å². The molecule has 144 valence electrons. The van der Waals surface area contributed by atoms with E-state index in [1.54, 1.807) is 4.68 Å². The molecule has 0 saturated heterocycles. The molecule has 1 aromatic heterocycles. The monoisotopic (exact) mass is 413 g/mol. The average Bonchev–Trinajstić information content (AvgIpc) is 3.12. The number of aryl methyl sites for hydroxylation is 1. The van der Waals surface area contributed by atoms with E-state index in [9.17, 15) is 4.79 Å². The van der Waals surface area contributed by atoms with Gasteiger partial charge in [-0.3, -0.25) is 9.48 Å². The Kier molecular flexibility index (Phi) is 5.42. The van der Waals surface area contributed by atoms with Gasteiger partial charge in [0.25, 0.3) is 0 Å². The third kappa shape index (κ3) is 3.80. The summed E-state index contributed by atoms with van der Waals surface area (Å²) in [6.45, 7) is 1.28. The first-order chi connectivity index (χ1) is 13.5. The Labute approximate surface area is 174 Å². The summed E-state index contributed by atoms with van der Waals surface area (Å²) in [7, 11) is 1.91. The Balaban J connectivity index is 1.54. The second-order valence-corrected chi connectivity index (χ2v) is 7.99. The molecule has 2 heterocycles. The molecule has 0 spiro atoms. The van der Waals surface area contributed by atoms with E-state index in [-0.39, 0.29) is 11.8 Å². The van der Waals surface area contributed by atoms with Crippen LogP contribution in [-0.4, -0.2) is 27.1 Å². The minimum Gasteiger partial charge on any atom is -0.337 e. The highest BCUT2D eigenvalue weighted by Crippen LogP contribution is 2.34. The van der Waals surface area contributed by atoms with Crippen molar-refractivity contribution < 1.29 is 4.79 Å². The fourth-order valence-corrected chi connectivity index (χ4v) is 4.45. The van der Waals surface area contributed by atoms with E-state index >= 15 is 0 Å². The van der Waals surface area contributed by atoms with Crippen LogP contribution < -0.4 is 0 Å². The molecule has 28 heavy (non-hydrogen) atoms. The van der Waals surface area contributed by atoms with Gasteiger partial charge in [0.2, 0.25) is 5.91 Å². The minimum atomic E-state index is 0.111. The predicted octanol–water partition coefficient (Wildman–Crippen LogP) is 4.83. The van der Waals surface area contributed by atoms with Crippen LogP contribution in [0.3, 0.4) is 0 Å². The first kappa shape index (κ1) is 19.0. The maximum atomic E-state index is 13.0. The van der Waals surface area contributed by atoms with Crippen LogP contribution in [0.15, 0.2) is 54.9 Å². The Bertz CT molecular complexity index is 994. The zero-order valence-electron chi connectivity index (χ0n) is 15.6. The molecule has 4 nitrogen and oxygen atoms in total. The van der Waals surface area contributed by atoms with Crippen molar-refractivity contribution in [1.29, 1.82) is 0 Å². The topological polar surface area (TPSA) is 38.1 Å². The summed E-state index contributed by atoms with van der Waals surface area (Å²) in [5, 5.41) is 5.53. The van der Waals surface area contributed by atoms with E-state index in [4.69, 9.17) is 23.2 Å². The molecule has 0 aliphatic carbocycles. The molecule has 1 amide bonds. The van der Waals surface area contributed by atoms with Crippen molar-refractivity contribution >= 4 is 29.1 Å². The number of aromatic nitrogens is 2. The van der Waals surface area contributed by atoms with E-state index in [1.165, 1.54) is 11.1 Å². The summed E-state index contributed by atoms with van der Waals surface area (Å²) in [5.74, 6) is 0.242. The lowest BCUT2D eigenvalue weighted by atomic mass is 9.86. The molecule has 0 bridgehead atoms. The van der Waals surface area contributed by atoms with Crippen LogP contribution in [0.4, 0.5) is 0 Å².